The Kier molecular flexibility index (Phi) is 4.15. The molecule has 128 valence electrons. The summed E-state index contributed by atoms with van der Waals surface area (Å²) in [5.41, 5.74) is 0.654. The molecule has 1 aliphatic heterocycles. The van der Waals surface area contributed by atoms with Crippen LogP contribution in [0.3, 0.4) is 0 Å². The van der Waals surface area contributed by atoms with Crippen molar-refractivity contribution in [1.82, 2.24) is 10.5 Å². The maximum Gasteiger partial charge on any atom is 0.265 e. The van der Waals surface area contributed by atoms with Gasteiger partial charge in [-0.25, -0.2) is 0 Å². The Labute approximate surface area is 148 Å². The molecule has 25 heavy (non-hydrogen) atoms. The summed E-state index contributed by atoms with van der Waals surface area (Å²) >= 11 is 1.57. The van der Waals surface area contributed by atoms with Crippen LogP contribution in [-0.2, 0) is 11.3 Å². The number of thiophene rings is 1. The molecule has 7 heteroatoms. The monoisotopic (exact) mass is 356 g/mol. The van der Waals surface area contributed by atoms with Crippen molar-refractivity contribution < 1.29 is 18.8 Å². The number of nitrogens with one attached hydrogen (secondary N) is 1. The Bertz CT molecular complexity index is 875. The third-order valence-electron chi connectivity index (χ3n) is 3.87. The number of carbonyl (C=O) groups is 1. The molecule has 1 amide bonds. The van der Waals surface area contributed by atoms with E-state index in [0.29, 0.717) is 23.0 Å². The van der Waals surface area contributed by atoms with Crippen molar-refractivity contribution in [2.75, 3.05) is 0 Å². The molecule has 0 spiro atoms. The lowest BCUT2D eigenvalue weighted by atomic mass is 10.1. The van der Waals surface area contributed by atoms with E-state index in [4.69, 9.17) is 14.0 Å². The van der Waals surface area contributed by atoms with Crippen molar-refractivity contribution in [2.24, 2.45) is 0 Å². The molecular formula is C18H16N2O4S. The third kappa shape index (κ3) is 3.23. The third-order valence-corrected chi connectivity index (χ3v) is 4.75. The minimum atomic E-state index is -0.710. The van der Waals surface area contributed by atoms with Gasteiger partial charge >= 0.3 is 0 Å². The normalized spacial score (nSPS) is 18.8. The molecule has 3 heterocycles. The van der Waals surface area contributed by atoms with E-state index in [1.54, 1.807) is 17.4 Å². The molecule has 0 saturated carbocycles. The lowest BCUT2D eigenvalue weighted by Crippen LogP contribution is -2.48. The standard InChI is InChI=1S/C18H16N2O4S/c1-11-17(23-14-6-3-2-5-13(14)22-11)18(21)19-10-12-9-15(24-20-12)16-7-4-8-25-16/h2-9,11,17H,10H2,1H3,(H,19,21). The minimum absolute atomic E-state index is 0.248. The SMILES string of the molecule is CC1Oc2ccccc2OC1C(=O)NCc1cc(-c2cccs2)on1. The fraction of sp³-hybridized carbons (Fsp3) is 0.222. The summed E-state index contributed by atoms with van der Waals surface area (Å²) in [6, 6.07) is 13.0. The highest BCUT2D eigenvalue weighted by Gasteiger charge is 2.33. The van der Waals surface area contributed by atoms with Crippen LogP contribution >= 0.6 is 11.3 Å². The first-order valence-corrected chi connectivity index (χ1v) is 8.78. The number of aromatic nitrogens is 1. The first-order chi connectivity index (χ1) is 12.2. The van der Waals surface area contributed by atoms with Crippen LogP contribution in [0.5, 0.6) is 11.5 Å². The van der Waals surface area contributed by atoms with Gasteiger partial charge in [-0.2, -0.15) is 0 Å². The zero-order chi connectivity index (χ0) is 17.2. The van der Waals surface area contributed by atoms with Crippen molar-refractivity contribution in [3.05, 3.63) is 53.5 Å². The number of hydrogen-bond acceptors (Lipinski definition) is 6. The molecule has 1 N–H and O–H groups in total. The quantitative estimate of drug-likeness (QED) is 0.777. The number of amides is 1. The highest BCUT2D eigenvalue weighted by atomic mass is 32.1. The first kappa shape index (κ1) is 15.7. The summed E-state index contributed by atoms with van der Waals surface area (Å²) in [5, 5.41) is 8.79. The molecule has 4 rings (SSSR count). The van der Waals surface area contributed by atoms with Gasteiger partial charge in [-0.3, -0.25) is 4.79 Å². The summed E-state index contributed by atoms with van der Waals surface area (Å²) in [6.45, 7) is 2.08. The largest absolute Gasteiger partial charge is 0.482 e. The number of ether oxygens (including phenoxy) is 2. The van der Waals surface area contributed by atoms with E-state index < -0.39 is 6.10 Å². The van der Waals surface area contributed by atoms with Crippen LogP contribution in [0.1, 0.15) is 12.6 Å². The van der Waals surface area contributed by atoms with Crippen LogP contribution in [0.4, 0.5) is 0 Å². The van der Waals surface area contributed by atoms with Crippen molar-refractivity contribution in [1.29, 1.82) is 0 Å². The minimum Gasteiger partial charge on any atom is -0.482 e. The second-order valence-electron chi connectivity index (χ2n) is 5.69. The summed E-state index contributed by atoms with van der Waals surface area (Å²) in [4.78, 5) is 13.5. The zero-order valence-electron chi connectivity index (χ0n) is 13.5. The Hall–Kier alpha value is -2.80. The number of hydrogen-bond donors (Lipinski definition) is 1. The van der Waals surface area contributed by atoms with Gasteiger partial charge in [0.25, 0.3) is 5.91 Å². The molecule has 0 saturated heterocycles. The van der Waals surface area contributed by atoms with Crippen LogP contribution in [0.2, 0.25) is 0 Å². The molecule has 1 aliphatic rings. The Morgan fingerprint density at radius 1 is 1.20 bits per heavy atom. The van der Waals surface area contributed by atoms with Gasteiger partial charge in [0, 0.05) is 6.07 Å². The van der Waals surface area contributed by atoms with Crippen molar-refractivity contribution in [3.63, 3.8) is 0 Å². The predicted molar refractivity (Wildman–Crippen MR) is 92.6 cm³/mol. The Morgan fingerprint density at radius 3 is 2.76 bits per heavy atom. The molecule has 0 aliphatic carbocycles. The number of benzene rings is 1. The number of nitrogens with zero attached hydrogens (tertiary/aromatic N) is 1. The number of para-hydroxylation sites is 2. The number of fused-ring (bicyclic) bond motifs is 1. The van der Waals surface area contributed by atoms with E-state index in [2.05, 4.69) is 10.5 Å². The topological polar surface area (TPSA) is 73.6 Å². The fourth-order valence-electron chi connectivity index (χ4n) is 2.61. The van der Waals surface area contributed by atoms with Gasteiger partial charge in [0.1, 0.15) is 11.8 Å². The second-order valence-corrected chi connectivity index (χ2v) is 6.63. The average Bonchev–Trinajstić information content (AvgIpc) is 3.30. The van der Waals surface area contributed by atoms with Crippen LogP contribution in [0.15, 0.2) is 52.4 Å². The van der Waals surface area contributed by atoms with Gasteiger partial charge in [0.05, 0.1) is 11.4 Å². The molecule has 2 unspecified atom stereocenters. The second kappa shape index (κ2) is 6.60. The maximum absolute atomic E-state index is 12.5. The van der Waals surface area contributed by atoms with E-state index in [1.165, 1.54) is 0 Å². The summed E-state index contributed by atoms with van der Waals surface area (Å²) in [7, 11) is 0. The Balaban J connectivity index is 1.39. The summed E-state index contributed by atoms with van der Waals surface area (Å²) in [5.74, 6) is 1.67. The maximum atomic E-state index is 12.5. The van der Waals surface area contributed by atoms with Gasteiger partial charge in [-0.05, 0) is 30.5 Å². The highest BCUT2D eigenvalue weighted by molar-refractivity contribution is 7.13. The van der Waals surface area contributed by atoms with E-state index in [0.717, 1.165) is 4.88 Å². The summed E-state index contributed by atoms with van der Waals surface area (Å²) < 4.78 is 16.8. The molecule has 2 atom stereocenters. The smallest absolute Gasteiger partial charge is 0.265 e. The lowest BCUT2D eigenvalue weighted by Gasteiger charge is -2.30. The predicted octanol–water partition coefficient (Wildman–Crippen LogP) is 3.25. The molecule has 2 aromatic heterocycles. The van der Waals surface area contributed by atoms with Crippen LogP contribution in [0.25, 0.3) is 10.6 Å². The van der Waals surface area contributed by atoms with Gasteiger partial charge in [-0.1, -0.05) is 23.4 Å². The molecular weight excluding hydrogens is 340 g/mol. The van der Waals surface area contributed by atoms with E-state index in [1.807, 2.05) is 48.7 Å². The van der Waals surface area contributed by atoms with Gasteiger partial charge in [0.15, 0.2) is 17.3 Å². The summed E-state index contributed by atoms with van der Waals surface area (Å²) in [6.07, 6.45) is -1.09. The number of carbonyl (C=O) groups excluding carboxylic acids is 1. The molecule has 0 fully saturated rings. The molecule has 3 aromatic rings. The van der Waals surface area contributed by atoms with Crippen molar-refractivity contribution in [3.8, 4) is 22.1 Å². The van der Waals surface area contributed by atoms with E-state index in [-0.39, 0.29) is 18.6 Å². The molecule has 0 radical (unpaired) electrons. The average molecular weight is 356 g/mol. The molecule has 1 aromatic carbocycles. The van der Waals surface area contributed by atoms with E-state index >= 15 is 0 Å². The Morgan fingerprint density at radius 2 is 2.00 bits per heavy atom. The van der Waals surface area contributed by atoms with Gasteiger partial charge in [-0.15, -0.1) is 11.3 Å². The van der Waals surface area contributed by atoms with Gasteiger partial charge < -0.3 is 19.3 Å². The van der Waals surface area contributed by atoms with Crippen LogP contribution in [-0.4, -0.2) is 23.3 Å². The van der Waals surface area contributed by atoms with Crippen molar-refractivity contribution in [2.45, 2.75) is 25.7 Å². The van der Waals surface area contributed by atoms with Crippen LogP contribution < -0.4 is 14.8 Å². The van der Waals surface area contributed by atoms with Gasteiger partial charge in [0.2, 0.25) is 6.10 Å². The lowest BCUT2D eigenvalue weighted by molar-refractivity contribution is -0.133. The molecule has 6 nitrogen and oxygen atoms in total. The zero-order valence-corrected chi connectivity index (χ0v) is 14.3. The van der Waals surface area contributed by atoms with Crippen molar-refractivity contribution >= 4 is 17.2 Å². The highest BCUT2D eigenvalue weighted by Crippen LogP contribution is 2.33. The fourth-order valence-corrected chi connectivity index (χ4v) is 3.29. The van der Waals surface area contributed by atoms with Crippen LogP contribution in [0, 0.1) is 0 Å². The first-order valence-electron chi connectivity index (χ1n) is 7.90. The number of rotatable bonds is 4. The van der Waals surface area contributed by atoms with E-state index in [9.17, 15) is 4.79 Å². The molecule has 0 bridgehead atoms.